The van der Waals surface area contributed by atoms with E-state index in [-0.39, 0.29) is 63.7 Å². The Morgan fingerprint density at radius 1 is 0.889 bits per heavy atom. The molecule has 6 heteroatoms. The zero-order valence-electron chi connectivity index (χ0n) is 29.0. The van der Waals surface area contributed by atoms with E-state index in [1.165, 1.54) is 0 Å². The normalized spacial score (nSPS) is 40.2. The van der Waals surface area contributed by atoms with Crippen LogP contribution < -0.4 is 4.57 Å². The topological polar surface area (TPSA) is 73.5 Å². The van der Waals surface area contributed by atoms with Gasteiger partial charge in [-0.05, 0) is 102 Å². The molecule has 6 rings (SSSR count). The van der Waals surface area contributed by atoms with E-state index in [0.717, 1.165) is 56.1 Å². The molecule has 0 amide bonds. The third-order valence-corrected chi connectivity index (χ3v) is 14.4. The van der Waals surface area contributed by atoms with Crippen molar-refractivity contribution in [2.24, 2.45) is 50.7 Å². The molecule has 0 bridgehead atoms. The molecule has 1 heterocycles. The summed E-state index contributed by atoms with van der Waals surface area (Å²) < 4.78 is 14.0. The van der Waals surface area contributed by atoms with Crippen molar-refractivity contribution in [3.05, 3.63) is 41.7 Å². The molecule has 6 nitrogen and oxygen atoms in total. The van der Waals surface area contributed by atoms with Gasteiger partial charge in [0.1, 0.15) is 6.10 Å². The van der Waals surface area contributed by atoms with Crippen molar-refractivity contribution in [2.45, 2.75) is 126 Å². The number of nitrogens with zero attached hydrogens (tertiary/aromatic N) is 1. The van der Waals surface area contributed by atoms with Gasteiger partial charge >= 0.3 is 11.9 Å². The third-order valence-electron chi connectivity index (χ3n) is 14.4. The number of ether oxygens (including phenoxy) is 2. The largest absolute Gasteiger partial charge is 0.462 e. The summed E-state index contributed by atoms with van der Waals surface area (Å²) in [6.07, 6.45) is 12.2. The Balaban J connectivity index is 1.33. The number of fused-ring (bicyclic) bond motifs is 7. The van der Waals surface area contributed by atoms with Crippen LogP contribution in [-0.4, -0.2) is 30.4 Å². The second-order valence-corrected chi connectivity index (χ2v) is 17.0. The van der Waals surface area contributed by atoms with Gasteiger partial charge in [0.05, 0.1) is 5.41 Å². The molecule has 45 heavy (non-hydrogen) atoms. The highest BCUT2D eigenvalue weighted by Gasteiger charge is 2.71. The molecule has 8 atom stereocenters. The van der Waals surface area contributed by atoms with E-state index in [2.05, 4.69) is 48.5 Å². The van der Waals surface area contributed by atoms with E-state index in [4.69, 9.17) is 9.47 Å². The number of allylic oxidation sites excluding steroid dienone is 1. The van der Waals surface area contributed by atoms with Crippen molar-refractivity contribution in [1.29, 1.82) is 0 Å². The number of ketones is 1. The molecule has 0 unspecified atom stereocenters. The van der Waals surface area contributed by atoms with Gasteiger partial charge in [-0.2, -0.15) is 0 Å². The van der Waals surface area contributed by atoms with Crippen molar-refractivity contribution >= 4 is 17.7 Å². The average molecular weight is 619 g/mol. The lowest BCUT2D eigenvalue weighted by Gasteiger charge is -2.72. The first-order valence-corrected chi connectivity index (χ1v) is 17.7. The molecule has 0 spiro atoms. The first kappa shape index (κ1) is 32.4. The predicted molar refractivity (Wildman–Crippen MR) is 173 cm³/mol. The standard InChI is InChI=1S/C39H56NO5/c1-25(2)32-28(42)24-39(34(43)44-23-22-40-20-10-9-11-21-40)19-18-37(7)27(33(32)39)12-13-30-36(6)16-15-31(45-26(3)41)35(4,5)29(36)14-17-38(30,37)8/h9-11,20-21,25,27,29-31H,12-19,22-24H2,1-8H3/q+1/t27-,29+,30-,31+,36+,37-,38-,39-/m1/s1. The number of carbonyl (C=O) groups excluding carboxylic acids is 3. The lowest BCUT2D eigenvalue weighted by atomic mass is 9.33. The lowest BCUT2D eigenvalue weighted by Crippen LogP contribution is -2.66. The van der Waals surface area contributed by atoms with Gasteiger partial charge in [-0.25, -0.2) is 4.57 Å². The Morgan fingerprint density at radius 3 is 2.27 bits per heavy atom. The van der Waals surface area contributed by atoms with Crippen molar-refractivity contribution in [3.8, 4) is 0 Å². The number of hydrogen-bond acceptors (Lipinski definition) is 5. The van der Waals surface area contributed by atoms with Crippen LogP contribution in [0, 0.1) is 50.7 Å². The predicted octanol–water partition coefficient (Wildman–Crippen LogP) is 7.43. The van der Waals surface area contributed by atoms with Crippen LogP contribution in [0.3, 0.4) is 0 Å². The average Bonchev–Trinajstić information content (AvgIpc) is 3.28. The summed E-state index contributed by atoms with van der Waals surface area (Å²) >= 11 is 0. The Morgan fingerprint density at radius 2 is 1.60 bits per heavy atom. The van der Waals surface area contributed by atoms with E-state index in [0.29, 0.717) is 31.4 Å². The zero-order chi connectivity index (χ0) is 32.6. The number of rotatable bonds is 6. The summed E-state index contributed by atoms with van der Waals surface area (Å²) in [5.74, 6) is 1.12. The maximum atomic E-state index is 14.2. The van der Waals surface area contributed by atoms with Crippen LogP contribution in [0.4, 0.5) is 0 Å². The van der Waals surface area contributed by atoms with Crippen LogP contribution in [0.5, 0.6) is 0 Å². The lowest BCUT2D eigenvalue weighted by molar-refractivity contribution is -0.698. The van der Waals surface area contributed by atoms with Crippen LogP contribution in [0.15, 0.2) is 41.7 Å². The minimum atomic E-state index is -0.823. The Bertz CT molecular complexity index is 1400. The van der Waals surface area contributed by atoms with Gasteiger partial charge in [0, 0.05) is 30.9 Å². The molecule has 4 fully saturated rings. The molecule has 0 radical (unpaired) electrons. The second-order valence-electron chi connectivity index (χ2n) is 17.0. The summed E-state index contributed by atoms with van der Waals surface area (Å²) in [7, 11) is 0. The fourth-order valence-electron chi connectivity index (χ4n) is 12.2. The summed E-state index contributed by atoms with van der Waals surface area (Å²) in [6, 6.07) is 5.93. The fraction of sp³-hybridized carbons (Fsp3) is 0.744. The van der Waals surface area contributed by atoms with E-state index < -0.39 is 5.41 Å². The first-order valence-electron chi connectivity index (χ1n) is 17.7. The highest BCUT2D eigenvalue weighted by atomic mass is 16.5. The Hall–Kier alpha value is -2.50. The van der Waals surface area contributed by atoms with Crippen molar-refractivity contribution in [3.63, 3.8) is 0 Å². The Kier molecular flexibility index (Phi) is 7.96. The molecule has 5 aliphatic carbocycles. The van der Waals surface area contributed by atoms with E-state index in [9.17, 15) is 14.4 Å². The molecule has 5 aliphatic rings. The summed E-state index contributed by atoms with van der Waals surface area (Å²) in [4.78, 5) is 40.1. The fourth-order valence-corrected chi connectivity index (χ4v) is 12.2. The van der Waals surface area contributed by atoms with Crippen LogP contribution in [0.25, 0.3) is 0 Å². The van der Waals surface area contributed by atoms with Crippen LogP contribution in [0.1, 0.15) is 113 Å². The first-order chi connectivity index (χ1) is 21.1. The number of hydrogen-bond donors (Lipinski definition) is 0. The number of pyridine rings is 1. The molecule has 0 N–H and O–H groups in total. The van der Waals surface area contributed by atoms with Gasteiger partial charge in [-0.3, -0.25) is 14.4 Å². The van der Waals surface area contributed by atoms with Crippen LogP contribution in [-0.2, 0) is 30.4 Å². The van der Waals surface area contributed by atoms with Gasteiger partial charge in [0.15, 0.2) is 31.3 Å². The second kappa shape index (κ2) is 11.0. The molecule has 4 saturated carbocycles. The number of Topliss-reactive ketones (excluding diaryl/α,β-unsaturated/α-hetero) is 1. The number of aromatic nitrogens is 1. The van der Waals surface area contributed by atoms with E-state index in [1.807, 2.05) is 35.2 Å². The van der Waals surface area contributed by atoms with Crippen molar-refractivity contribution < 1.29 is 28.4 Å². The molecular formula is C39H56NO5+. The summed E-state index contributed by atoms with van der Waals surface area (Å²) in [6.45, 7) is 19.0. The van der Waals surface area contributed by atoms with Gasteiger partial charge in [-0.1, -0.05) is 54.5 Å². The number of carbonyl (C=O) groups is 3. The molecule has 246 valence electrons. The van der Waals surface area contributed by atoms with Gasteiger partial charge in [0.25, 0.3) is 0 Å². The number of esters is 2. The maximum absolute atomic E-state index is 14.2. The maximum Gasteiger partial charge on any atom is 0.316 e. The van der Waals surface area contributed by atoms with Crippen molar-refractivity contribution in [2.75, 3.05) is 6.61 Å². The summed E-state index contributed by atoms with van der Waals surface area (Å²) in [5.41, 5.74) is 1.41. The van der Waals surface area contributed by atoms with E-state index >= 15 is 0 Å². The molecule has 1 aromatic heterocycles. The molecule has 0 aromatic carbocycles. The van der Waals surface area contributed by atoms with Crippen LogP contribution >= 0.6 is 0 Å². The van der Waals surface area contributed by atoms with E-state index in [1.54, 1.807) is 6.92 Å². The van der Waals surface area contributed by atoms with Crippen LogP contribution in [0.2, 0.25) is 0 Å². The third kappa shape index (κ3) is 4.69. The quantitative estimate of drug-likeness (QED) is 0.245. The highest BCUT2D eigenvalue weighted by Crippen LogP contribution is 2.76. The zero-order valence-corrected chi connectivity index (χ0v) is 29.0. The Labute approximate surface area is 270 Å². The molecule has 1 aromatic rings. The molecule has 0 saturated heterocycles. The van der Waals surface area contributed by atoms with Gasteiger partial charge in [-0.15, -0.1) is 0 Å². The minimum Gasteiger partial charge on any atom is -0.462 e. The molecule has 0 aliphatic heterocycles. The smallest absolute Gasteiger partial charge is 0.316 e. The monoisotopic (exact) mass is 618 g/mol. The summed E-state index contributed by atoms with van der Waals surface area (Å²) in [5, 5.41) is 0. The highest BCUT2D eigenvalue weighted by molar-refractivity contribution is 6.06. The SMILES string of the molecule is CC(=O)O[C@H]1CC[C@]2(C)[C@H]3CC[C@@H]4C5=C(C(C)C)C(=O)C[C@]5(C(=O)OCC[n+]5ccccc5)CC[C@@]4(C)[C@]3(C)CC[C@H]2C1(C)C. The minimum absolute atomic E-state index is 0.00939. The van der Waals surface area contributed by atoms with Crippen molar-refractivity contribution in [1.82, 2.24) is 0 Å². The van der Waals surface area contributed by atoms with Gasteiger partial charge < -0.3 is 9.47 Å². The molecular weight excluding hydrogens is 562 g/mol. The van der Waals surface area contributed by atoms with Gasteiger partial charge in [0.2, 0.25) is 0 Å².